The van der Waals surface area contributed by atoms with Crippen molar-refractivity contribution < 1.29 is 29.0 Å². The summed E-state index contributed by atoms with van der Waals surface area (Å²) in [4.78, 5) is 41.7. The number of esters is 1. The van der Waals surface area contributed by atoms with Gasteiger partial charge in [-0.3, -0.25) is 14.4 Å². The summed E-state index contributed by atoms with van der Waals surface area (Å²) in [6.07, 6.45) is 6.00. The van der Waals surface area contributed by atoms with Gasteiger partial charge >= 0.3 is 5.97 Å². The second kappa shape index (κ2) is 8.70. The van der Waals surface area contributed by atoms with E-state index in [1.165, 1.54) is 6.42 Å². The third-order valence-electron chi connectivity index (χ3n) is 7.81. The van der Waals surface area contributed by atoms with E-state index in [1.54, 1.807) is 11.8 Å². The molecule has 3 aliphatic heterocycles. The van der Waals surface area contributed by atoms with E-state index in [0.29, 0.717) is 12.8 Å². The standard InChI is InChI=1S/C23H36N2O6/c1-4-30-22(29)17-16-10-11-23(31-16)18(17)21(28)25(15(12-26)13(2)3)19(23)20(27)24-14-8-6-5-7-9-14/h13-19,26H,4-12H2,1-3H3,(H,24,27)/t15-,16-,17+,18+,19-,23+/m0/s1. The Bertz CT molecular complexity index is 721. The predicted molar refractivity (Wildman–Crippen MR) is 112 cm³/mol. The van der Waals surface area contributed by atoms with Crippen LogP contribution in [0.3, 0.4) is 0 Å². The van der Waals surface area contributed by atoms with Crippen molar-refractivity contribution in [2.24, 2.45) is 17.8 Å². The zero-order valence-electron chi connectivity index (χ0n) is 18.8. The lowest BCUT2D eigenvalue weighted by atomic mass is 9.70. The molecule has 3 saturated heterocycles. The van der Waals surface area contributed by atoms with Crippen LogP contribution in [-0.4, -0.2) is 70.8 Å². The van der Waals surface area contributed by atoms with Crippen LogP contribution >= 0.6 is 0 Å². The van der Waals surface area contributed by atoms with Crippen molar-refractivity contribution in [3.8, 4) is 0 Å². The van der Waals surface area contributed by atoms with Crippen LogP contribution in [0.25, 0.3) is 0 Å². The molecule has 1 aliphatic carbocycles. The van der Waals surface area contributed by atoms with Crippen LogP contribution in [0.2, 0.25) is 0 Å². The number of nitrogens with zero attached hydrogens (tertiary/aromatic N) is 1. The number of ether oxygens (including phenoxy) is 2. The summed E-state index contributed by atoms with van der Waals surface area (Å²) in [7, 11) is 0. The van der Waals surface area contributed by atoms with Crippen molar-refractivity contribution in [2.45, 2.75) is 95.5 Å². The molecule has 2 bridgehead atoms. The maximum absolute atomic E-state index is 13.7. The Balaban J connectivity index is 1.70. The van der Waals surface area contributed by atoms with Crippen LogP contribution in [0.5, 0.6) is 0 Å². The Labute approximate surface area is 184 Å². The summed E-state index contributed by atoms with van der Waals surface area (Å²) in [5.74, 6) is -2.38. The number of hydrogen-bond acceptors (Lipinski definition) is 6. The van der Waals surface area contributed by atoms with Crippen molar-refractivity contribution in [2.75, 3.05) is 13.2 Å². The molecule has 1 saturated carbocycles. The zero-order chi connectivity index (χ0) is 22.3. The molecule has 174 valence electrons. The maximum atomic E-state index is 13.7. The molecule has 1 spiro atoms. The van der Waals surface area contributed by atoms with E-state index >= 15 is 0 Å². The Kier molecular flexibility index (Phi) is 6.32. The molecule has 0 unspecified atom stereocenters. The van der Waals surface area contributed by atoms with E-state index in [0.717, 1.165) is 25.7 Å². The summed E-state index contributed by atoms with van der Waals surface area (Å²) in [5, 5.41) is 13.3. The number of carbonyl (C=O) groups excluding carboxylic acids is 3. The normalized spacial score (nSPS) is 36.0. The largest absolute Gasteiger partial charge is 0.466 e. The van der Waals surface area contributed by atoms with E-state index < -0.39 is 41.6 Å². The first kappa shape index (κ1) is 22.5. The minimum atomic E-state index is -1.03. The van der Waals surface area contributed by atoms with Gasteiger partial charge in [-0.15, -0.1) is 0 Å². The van der Waals surface area contributed by atoms with Gasteiger partial charge in [0.05, 0.1) is 37.2 Å². The monoisotopic (exact) mass is 436 g/mol. The van der Waals surface area contributed by atoms with Gasteiger partial charge in [0, 0.05) is 6.04 Å². The summed E-state index contributed by atoms with van der Waals surface area (Å²) < 4.78 is 11.6. The highest BCUT2D eigenvalue weighted by Crippen LogP contribution is 2.59. The van der Waals surface area contributed by atoms with Crippen molar-refractivity contribution in [1.29, 1.82) is 0 Å². The number of aliphatic hydroxyl groups excluding tert-OH is 1. The SMILES string of the molecule is CCOC(=O)[C@@H]1[C@@H]2CC[C@]3(O2)[C@H](C(=O)NC2CCCCC2)N([C@@H](CO)C(C)C)C(=O)[C@@H]13. The Morgan fingerprint density at radius 2 is 1.97 bits per heavy atom. The first-order valence-corrected chi connectivity index (χ1v) is 11.9. The van der Waals surface area contributed by atoms with Crippen LogP contribution in [0.1, 0.15) is 65.7 Å². The molecular formula is C23H36N2O6. The number of fused-ring (bicyclic) bond motifs is 1. The van der Waals surface area contributed by atoms with E-state index in [9.17, 15) is 19.5 Å². The van der Waals surface area contributed by atoms with Gasteiger partial charge in [0.2, 0.25) is 11.8 Å². The molecule has 4 rings (SSSR count). The third kappa shape index (κ3) is 3.55. The molecule has 3 heterocycles. The second-order valence-corrected chi connectivity index (χ2v) is 9.89. The average Bonchev–Trinajstić information content (AvgIpc) is 3.37. The Hall–Kier alpha value is -1.67. The lowest BCUT2D eigenvalue weighted by Crippen LogP contribution is -2.60. The molecule has 0 radical (unpaired) electrons. The topological polar surface area (TPSA) is 105 Å². The number of hydrogen-bond donors (Lipinski definition) is 2. The first-order chi connectivity index (χ1) is 14.9. The lowest BCUT2D eigenvalue weighted by Gasteiger charge is -2.39. The van der Waals surface area contributed by atoms with Crippen LogP contribution in [-0.2, 0) is 23.9 Å². The zero-order valence-corrected chi connectivity index (χ0v) is 18.8. The highest BCUT2D eigenvalue weighted by molar-refractivity contribution is 5.98. The molecule has 2 amide bonds. The molecule has 31 heavy (non-hydrogen) atoms. The molecule has 2 N–H and O–H groups in total. The number of likely N-dealkylation sites (tertiary alicyclic amines) is 1. The molecule has 0 aromatic heterocycles. The average molecular weight is 437 g/mol. The fourth-order valence-electron chi connectivity index (χ4n) is 6.40. The van der Waals surface area contributed by atoms with Gasteiger partial charge in [-0.25, -0.2) is 0 Å². The van der Waals surface area contributed by atoms with Crippen molar-refractivity contribution in [3.63, 3.8) is 0 Å². The number of amides is 2. The van der Waals surface area contributed by atoms with E-state index in [4.69, 9.17) is 9.47 Å². The van der Waals surface area contributed by atoms with Gasteiger partial charge in [-0.05, 0) is 38.5 Å². The maximum Gasteiger partial charge on any atom is 0.312 e. The highest BCUT2D eigenvalue weighted by atomic mass is 16.6. The van der Waals surface area contributed by atoms with Crippen LogP contribution in [0.15, 0.2) is 0 Å². The fraction of sp³-hybridized carbons (Fsp3) is 0.870. The summed E-state index contributed by atoms with van der Waals surface area (Å²) in [6.45, 7) is 5.59. The van der Waals surface area contributed by atoms with Gasteiger partial charge in [0.1, 0.15) is 11.6 Å². The summed E-state index contributed by atoms with van der Waals surface area (Å²) >= 11 is 0. The van der Waals surface area contributed by atoms with E-state index in [2.05, 4.69) is 5.32 Å². The number of aliphatic hydroxyl groups is 1. The molecule has 0 aromatic carbocycles. The highest BCUT2D eigenvalue weighted by Gasteiger charge is 2.75. The van der Waals surface area contributed by atoms with Crippen LogP contribution < -0.4 is 5.32 Å². The minimum Gasteiger partial charge on any atom is -0.466 e. The predicted octanol–water partition coefficient (Wildman–Crippen LogP) is 1.39. The van der Waals surface area contributed by atoms with Gasteiger partial charge in [0.15, 0.2) is 0 Å². The number of carbonyl (C=O) groups is 3. The lowest BCUT2D eigenvalue weighted by molar-refractivity contribution is -0.155. The van der Waals surface area contributed by atoms with Gasteiger partial charge < -0.3 is 24.8 Å². The Morgan fingerprint density at radius 3 is 2.58 bits per heavy atom. The number of rotatable bonds is 7. The smallest absolute Gasteiger partial charge is 0.312 e. The second-order valence-electron chi connectivity index (χ2n) is 9.89. The number of nitrogens with one attached hydrogen (secondary N) is 1. The van der Waals surface area contributed by atoms with Crippen molar-refractivity contribution in [1.82, 2.24) is 10.2 Å². The third-order valence-corrected chi connectivity index (χ3v) is 7.81. The molecule has 4 fully saturated rings. The van der Waals surface area contributed by atoms with E-state index in [-0.39, 0.29) is 37.0 Å². The molecule has 0 aromatic rings. The molecular weight excluding hydrogens is 400 g/mol. The van der Waals surface area contributed by atoms with Crippen molar-refractivity contribution >= 4 is 17.8 Å². The fourth-order valence-corrected chi connectivity index (χ4v) is 6.40. The molecule has 8 nitrogen and oxygen atoms in total. The molecule has 4 aliphatic rings. The van der Waals surface area contributed by atoms with Crippen LogP contribution in [0.4, 0.5) is 0 Å². The first-order valence-electron chi connectivity index (χ1n) is 11.9. The van der Waals surface area contributed by atoms with E-state index in [1.807, 2.05) is 13.8 Å². The molecule has 8 heteroatoms. The summed E-state index contributed by atoms with van der Waals surface area (Å²) in [6, 6.07) is -1.25. The van der Waals surface area contributed by atoms with Gasteiger partial charge in [0.25, 0.3) is 0 Å². The van der Waals surface area contributed by atoms with Gasteiger partial charge in [-0.2, -0.15) is 0 Å². The summed E-state index contributed by atoms with van der Waals surface area (Å²) in [5.41, 5.74) is -1.03. The Morgan fingerprint density at radius 1 is 1.26 bits per heavy atom. The molecule has 6 atom stereocenters. The van der Waals surface area contributed by atoms with Gasteiger partial charge in [-0.1, -0.05) is 33.1 Å². The van der Waals surface area contributed by atoms with Crippen LogP contribution in [0, 0.1) is 17.8 Å². The van der Waals surface area contributed by atoms with Crippen molar-refractivity contribution in [3.05, 3.63) is 0 Å². The minimum absolute atomic E-state index is 0.0487. The quantitative estimate of drug-likeness (QED) is 0.585.